The lowest BCUT2D eigenvalue weighted by Crippen LogP contribution is -2.22. The molecule has 1 saturated carbocycles. The van der Waals surface area contributed by atoms with E-state index in [0.29, 0.717) is 11.3 Å². The maximum atomic E-state index is 4.79. The monoisotopic (exact) mass is 230 g/mol. The molecule has 0 aromatic carbocycles. The second kappa shape index (κ2) is 4.06. The molecule has 16 heavy (non-hydrogen) atoms. The van der Waals surface area contributed by atoms with E-state index in [-0.39, 0.29) is 0 Å². The van der Waals surface area contributed by atoms with Crippen LogP contribution in [0.3, 0.4) is 0 Å². The van der Waals surface area contributed by atoms with Gasteiger partial charge in [0.2, 0.25) is 0 Å². The summed E-state index contributed by atoms with van der Waals surface area (Å²) in [6.07, 6.45) is 5.25. The first-order chi connectivity index (χ1) is 7.83. The summed E-state index contributed by atoms with van der Waals surface area (Å²) in [6, 6.07) is 6.50. The van der Waals surface area contributed by atoms with Gasteiger partial charge in [-0.25, -0.2) is 0 Å². The molecule has 82 valence electrons. The predicted molar refractivity (Wildman–Crippen MR) is 68.9 cm³/mol. The van der Waals surface area contributed by atoms with Crippen LogP contribution in [0.1, 0.15) is 25.0 Å². The number of aliphatic imine (C=N–C) groups is 1. The van der Waals surface area contributed by atoms with E-state index in [1.807, 2.05) is 36.2 Å². The minimum absolute atomic E-state index is 0.493. The Bertz CT molecular complexity index is 439. The van der Waals surface area contributed by atoms with E-state index < -0.39 is 0 Å². The summed E-state index contributed by atoms with van der Waals surface area (Å²) in [4.78, 5) is 9.15. The average Bonchev–Trinajstić information content (AvgIpc) is 2.73. The molecule has 0 N–H and O–H groups in total. The van der Waals surface area contributed by atoms with Gasteiger partial charge < -0.3 is 0 Å². The van der Waals surface area contributed by atoms with Crippen molar-refractivity contribution in [1.29, 1.82) is 0 Å². The van der Waals surface area contributed by atoms with Crippen molar-refractivity contribution in [2.45, 2.75) is 30.6 Å². The Kier molecular flexibility index (Phi) is 2.56. The first-order valence-corrected chi connectivity index (χ1v) is 6.53. The zero-order valence-corrected chi connectivity index (χ0v) is 9.91. The summed E-state index contributed by atoms with van der Waals surface area (Å²) in [5, 5.41) is 1.73. The van der Waals surface area contributed by atoms with E-state index in [9.17, 15) is 0 Å². The molecule has 1 aliphatic heterocycles. The Labute approximate surface area is 99.9 Å². The van der Waals surface area contributed by atoms with Gasteiger partial charge in [0.15, 0.2) is 0 Å². The Hall–Kier alpha value is -1.09. The summed E-state index contributed by atoms with van der Waals surface area (Å²) in [7, 11) is 0. The predicted octanol–water partition coefficient (Wildman–Crippen LogP) is 3.05. The zero-order valence-electron chi connectivity index (χ0n) is 9.10. The first-order valence-electron chi connectivity index (χ1n) is 5.65. The number of pyridine rings is 1. The quantitative estimate of drug-likeness (QED) is 0.693. The highest BCUT2D eigenvalue weighted by Crippen LogP contribution is 2.39. The lowest BCUT2D eigenvalue weighted by atomic mass is 9.92. The molecule has 2 heterocycles. The van der Waals surface area contributed by atoms with Gasteiger partial charge in [0, 0.05) is 11.4 Å². The molecule has 0 saturated heterocycles. The van der Waals surface area contributed by atoms with Crippen molar-refractivity contribution >= 4 is 16.8 Å². The van der Waals surface area contributed by atoms with Crippen LogP contribution < -0.4 is 0 Å². The van der Waals surface area contributed by atoms with Crippen LogP contribution in [0.2, 0.25) is 0 Å². The van der Waals surface area contributed by atoms with Crippen LogP contribution in [0.15, 0.2) is 41.5 Å². The van der Waals surface area contributed by atoms with Gasteiger partial charge in [0.05, 0.1) is 11.7 Å². The topological polar surface area (TPSA) is 25.2 Å². The number of thioether (sulfide) groups is 1. The number of fused-ring (bicyclic) bond motifs is 1. The highest BCUT2D eigenvalue weighted by molar-refractivity contribution is 8.15. The van der Waals surface area contributed by atoms with Crippen LogP contribution in [-0.4, -0.2) is 21.3 Å². The third-order valence-electron chi connectivity index (χ3n) is 3.14. The minimum Gasteiger partial charge on any atom is -0.272 e. The van der Waals surface area contributed by atoms with Crippen molar-refractivity contribution in [3.8, 4) is 0 Å². The van der Waals surface area contributed by atoms with E-state index in [1.54, 1.807) is 0 Å². The van der Waals surface area contributed by atoms with Gasteiger partial charge in [-0.05, 0) is 31.4 Å². The average molecular weight is 230 g/mol. The third-order valence-corrected chi connectivity index (χ3v) is 4.46. The molecule has 1 aliphatic carbocycles. The fourth-order valence-corrected chi connectivity index (χ4v) is 3.67. The van der Waals surface area contributed by atoms with Gasteiger partial charge in [0.25, 0.3) is 0 Å². The van der Waals surface area contributed by atoms with E-state index in [2.05, 4.69) is 11.6 Å². The minimum atomic E-state index is 0.493. The number of hydrogen-bond donors (Lipinski definition) is 0. The van der Waals surface area contributed by atoms with Crippen molar-refractivity contribution in [3.05, 3.63) is 42.2 Å². The van der Waals surface area contributed by atoms with Crippen LogP contribution in [0, 0.1) is 0 Å². The smallest absolute Gasteiger partial charge is 0.117 e. The highest BCUT2D eigenvalue weighted by Gasteiger charge is 2.34. The maximum Gasteiger partial charge on any atom is 0.117 e. The van der Waals surface area contributed by atoms with Gasteiger partial charge in [0.1, 0.15) is 5.04 Å². The second-order valence-corrected chi connectivity index (χ2v) is 5.59. The molecule has 0 spiro atoms. The zero-order chi connectivity index (χ0) is 11.0. The van der Waals surface area contributed by atoms with E-state index in [1.165, 1.54) is 5.57 Å². The number of hydrogen-bond acceptors (Lipinski definition) is 3. The van der Waals surface area contributed by atoms with Gasteiger partial charge in [-0.1, -0.05) is 30.0 Å². The van der Waals surface area contributed by atoms with Crippen molar-refractivity contribution in [2.75, 3.05) is 0 Å². The summed E-state index contributed by atoms with van der Waals surface area (Å²) in [6.45, 7) is 4.09. The Balaban J connectivity index is 1.83. The Morgan fingerprint density at radius 1 is 1.38 bits per heavy atom. The maximum absolute atomic E-state index is 4.79. The first kappa shape index (κ1) is 10.1. The largest absolute Gasteiger partial charge is 0.272 e. The lowest BCUT2D eigenvalue weighted by molar-refractivity contribution is 0.537. The molecule has 2 atom stereocenters. The molecule has 2 unspecified atom stereocenters. The number of allylic oxidation sites excluding steroid dienone is 1. The number of rotatable bonds is 1. The van der Waals surface area contributed by atoms with E-state index >= 15 is 0 Å². The van der Waals surface area contributed by atoms with Gasteiger partial charge in [-0.2, -0.15) is 0 Å². The molecular formula is C13H14N2S. The highest BCUT2D eigenvalue weighted by atomic mass is 32.2. The fourth-order valence-electron chi connectivity index (χ4n) is 2.27. The fraction of sp³-hybridized carbons (Fsp3) is 0.385. The molecule has 0 radical (unpaired) electrons. The van der Waals surface area contributed by atoms with Crippen molar-refractivity contribution in [3.63, 3.8) is 0 Å². The lowest BCUT2D eigenvalue weighted by Gasteiger charge is -2.23. The normalized spacial score (nSPS) is 28.8. The van der Waals surface area contributed by atoms with E-state index in [4.69, 9.17) is 4.99 Å². The van der Waals surface area contributed by atoms with Gasteiger partial charge >= 0.3 is 0 Å². The summed E-state index contributed by atoms with van der Waals surface area (Å²) >= 11 is 1.88. The Morgan fingerprint density at radius 2 is 2.31 bits per heavy atom. The number of aromatic nitrogens is 1. The van der Waals surface area contributed by atoms with Crippen LogP contribution >= 0.6 is 11.8 Å². The van der Waals surface area contributed by atoms with Crippen LogP contribution in [-0.2, 0) is 0 Å². The summed E-state index contributed by atoms with van der Waals surface area (Å²) < 4.78 is 0. The molecule has 3 rings (SSSR count). The summed E-state index contributed by atoms with van der Waals surface area (Å²) in [5.41, 5.74) is 2.40. The van der Waals surface area contributed by atoms with Crippen molar-refractivity contribution < 1.29 is 0 Å². The molecule has 1 aromatic heterocycles. The molecule has 0 bridgehead atoms. The van der Waals surface area contributed by atoms with Crippen LogP contribution in [0.4, 0.5) is 0 Å². The van der Waals surface area contributed by atoms with Crippen LogP contribution in [0.5, 0.6) is 0 Å². The van der Waals surface area contributed by atoms with Crippen molar-refractivity contribution in [2.24, 2.45) is 4.99 Å². The molecular weight excluding hydrogens is 216 g/mol. The Morgan fingerprint density at radius 3 is 3.12 bits per heavy atom. The molecule has 3 heteroatoms. The van der Waals surface area contributed by atoms with Crippen LogP contribution in [0.25, 0.3) is 0 Å². The van der Waals surface area contributed by atoms with Gasteiger partial charge in [-0.15, -0.1) is 0 Å². The summed E-state index contributed by atoms with van der Waals surface area (Å²) in [5.74, 6) is 0. The second-order valence-electron chi connectivity index (χ2n) is 4.37. The molecule has 2 aliphatic rings. The van der Waals surface area contributed by atoms with Gasteiger partial charge in [-0.3, -0.25) is 9.98 Å². The SMILES string of the molecule is C=C1CCC2N=C(c3ccccn3)SC2C1. The van der Waals surface area contributed by atoms with Crippen molar-refractivity contribution in [1.82, 2.24) is 4.98 Å². The molecule has 2 nitrogen and oxygen atoms in total. The molecule has 1 fully saturated rings. The molecule has 1 aromatic rings. The standard InChI is InChI=1S/C13H14N2S/c1-9-5-6-10-12(8-9)16-13(15-10)11-4-2-3-7-14-11/h2-4,7,10,12H,1,5-6,8H2. The number of nitrogens with zero attached hydrogens (tertiary/aromatic N) is 2. The third kappa shape index (κ3) is 1.80. The van der Waals surface area contributed by atoms with E-state index in [0.717, 1.165) is 30.0 Å². The molecule has 0 amide bonds.